The van der Waals surface area contributed by atoms with Crippen LogP contribution in [0.1, 0.15) is 10.4 Å². The van der Waals surface area contributed by atoms with Crippen LogP contribution >= 0.6 is 11.3 Å². The molecule has 0 bridgehead atoms. The zero-order valence-corrected chi connectivity index (χ0v) is 13.0. The highest BCUT2D eigenvalue weighted by molar-refractivity contribution is 7.09. The first kappa shape index (κ1) is 16.0. The Morgan fingerprint density at radius 1 is 1.24 bits per heavy atom. The summed E-state index contributed by atoms with van der Waals surface area (Å²) < 4.78 is 10.6. The number of hydrogen-bond acceptors (Lipinski definition) is 4. The van der Waals surface area contributed by atoms with Gasteiger partial charge in [-0.1, -0.05) is 6.07 Å². The maximum atomic E-state index is 9.87. The van der Waals surface area contributed by atoms with Crippen LogP contribution in [-0.4, -0.2) is 31.5 Å². The van der Waals surface area contributed by atoms with E-state index >= 15 is 0 Å². The van der Waals surface area contributed by atoms with Crippen molar-refractivity contribution >= 4 is 11.3 Å². The normalized spacial score (nSPS) is 12.3. The third-order valence-electron chi connectivity index (χ3n) is 3.11. The van der Waals surface area contributed by atoms with Crippen LogP contribution < -0.4 is 10.1 Å². The van der Waals surface area contributed by atoms with Gasteiger partial charge in [-0.25, -0.2) is 0 Å². The average Bonchev–Trinajstić information content (AvgIpc) is 3.01. The number of aliphatic hydroxyl groups excluding tert-OH is 1. The standard InChI is InChI=1S/C16H21NO3S/c1-19-15-6-4-13(5-7-15)9-17-10-14(18)11-20-12-16-3-2-8-21-16/h2-8,14,17-18H,9-12H2,1H3/p+1/t14-/m0/s1. The zero-order chi connectivity index (χ0) is 14.9. The fraction of sp³-hybridized carbons (Fsp3) is 0.375. The largest absolute Gasteiger partial charge is 0.497 e. The van der Waals surface area contributed by atoms with Gasteiger partial charge in [0.25, 0.3) is 0 Å². The number of quaternary nitrogens is 1. The molecule has 2 aromatic rings. The van der Waals surface area contributed by atoms with Crippen molar-refractivity contribution in [1.29, 1.82) is 0 Å². The molecular weight excluding hydrogens is 286 g/mol. The molecule has 0 saturated heterocycles. The molecule has 3 N–H and O–H groups in total. The van der Waals surface area contributed by atoms with E-state index in [4.69, 9.17) is 9.47 Å². The Kier molecular flexibility index (Phi) is 6.69. The summed E-state index contributed by atoms with van der Waals surface area (Å²) in [7, 11) is 1.66. The molecule has 0 saturated carbocycles. The third-order valence-corrected chi connectivity index (χ3v) is 3.96. The van der Waals surface area contributed by atoms with Crippen LogP contribution in [0.3, 0.4) is 0 Å². The van der Waals surface area contributed by atoms with Crippen LogP contribution in [-0.2, 0) is 17.9 Å². The van der Waals surface area contributed by atoms with Gasteiger partial charge in [0.2, 0.25) is 0 Å². The minimum atomic E-state index is -0.441. The Hall–Kier alpha value is -1.40. The van der Waals surface area contributed by atoms with Gasteiger partial charge in [-0.3, -0.25) is 0 Å². The molecule has 4 nitrogen and oxygen atoms in total. The summed E-state index contributed by atoms with van der Waals surface area (Å²) in [5.41, 5.74) is 1.21. The molecule has 0 spiro atoms. The van der Waals surface area contributed by atoms with Crippen LogP contribution in [0, 0.1) is 0 Å². The average molecular weight is 308 g/mol. The Bertz CT molecular complexity index is 499. The molecule has 0 aliphatic rings. The fourth-order valence-corrected chi connectivity index (χ4v) is 2.60. The summed E-state index contributed by atoms with van der Waals surface area (Å²) in [6.45, 7) is 2.42. The zero-order valence-electron chi connectivity index (χ0n) is 12.2. The lowest BCUT2D eigenvalue weighted by Crippen LogP contribution is -2.85. The van der Waals surface area contributed by atoms with E-state index in [9.17, 15) is 5.11 Å². The molecule has 21 heavy (non-hydrogen) atoms. The molecule has 0 fully saturated rings. The number of benzene rings is 1. The number of nitrogens with two attached hydrogens (primary N) is 1. The maximum Gasteiger partial charge on any atom is 0.126 e. The van der Waals surface area contributed by atoms with Crippen LogP contribution in [0.25, 0.3) is 0 Å². The van der Waals surface area contributed by atoms with Gasteiger partial charge in [-0.15, -0.1) is 11.3 Å². The lowest BCUT2D eigenvalue weighted by atomic mass is 10.2. The SMILES string of the molecule is COc1ccc(C[NH2+]C[C@H](O)COCc2cccs2)cc1. The van der Waals surface area contributed by atoms with Crippen molar-refractivity contribution in [3.8, 4) is 5.75 Å². The van der Waals surface area contributed by atoms with Gasteiger partial charge in [0.05, 0.1) is 20.3 Å². The Balaban J connectivity index is 1.58. The molecule has 1 atom stereocenters. The van der Waals surface area contributed by atoms with E-state index in [0.717, 1.165) is 12.3 Å². The molecular formula is C16H22NO3S+. The number of hydrogen-bond donors (Lipinski definition) is 2. The molecule has 0 amide bonds. The molecule has 0 aliphatic heterocycles. The summed E-state index contributed by atoms with van der Waals surface area (Å²) >= 11 is 1.67. The van der Waals surface area contributed by atoms with Gasteiger partial charge < -0.3 is 19.9 Å². The van der Waals surface area contributed by atoms with E-state index in [1.165, 1.54) is 10.4 Å². The second-order valence-corrected chi connectivity index (χ2v) is 5.86. The summed E-state index contributed by atoms with van der Waals surface area (Å²) in [6, 6.07) is 12.0. The lowest BCUT2D eigenvalue weighted by Gasteiger charge is -2.10. The molecule has 2 rings (SSSR count). The summed E-state index contributed by atoms with van der Waals surface area (Å²) in [4.78, 5) is 1.18. The summed E-state index contributed by atoms with van der Waals surface area (Å²) in [6.07, 6.45) is -0.441. The van der Waals surface area contributed by atoms with Crippen molar-refractivity contribution in [1.82, 2.24) is 0 Å². The number of thiophene rings is 1. The van der Waals surface area contributed by atoms with E-state index in [-0.39, 0.29) is 0 Å². The molecule has 1 heterocycles. The van der Waals surface area contributed by atoms with Crippen LogP contribution in [0.15, 0.2) is 41.8 Å². The first-order valence-electron chi connectivity index (χ1n) is 7.00. The van der Waals surface area contributed by atoms with Crippen LogP contribution in [0.5, 0.6) is 5.75 Å². The third kappa shape index (κ3) is 5.85. The first-order chi connectivity index (χ1) is 10.3. The second-order valence-electron chi connectivity index (χ2n) is 4.82. The quantitative estimate of drug-likeness (QED) is 0.736. The second kappa shape index (κ2) is 8.79. The van der Waals surface area contributed by atoms with E-state index in [0.29, 0.717) is 19.8 Å². The van der Waals surface area contributed by atoms with Crippen molar-refractivity contribution in [2.75, 3.05) is 20.3 Å². The van der Waals surface area contributed by atoms with Gasteiger partial charge in [-0.2, -0.15) is 0 Å². The highest BCUT2D eigenvalue weighted by Crippen LogP contribution is 2.10. The highest BCUT2D eigenvalue weighted by Gasteiger charge is 2.07. The van der Waals surface area contributed by atoms with Crippen molar-refractivity contribution in [2.24, 2.45) is 0 Å². The molecule has 5 heteroatoms. The van der Waals surface area contributed by atoms with Crippen molar-refractivity contribution < 1.29 is 19.9 Å². The smallest absolute Gasteiger partial charge is 0.126 e. The van der Waals surface area contributed by atoms with Gasteiger partial charge >= 0.3 is 0 Å². The minimum absolute atomic E-state index is 0.372. The summed E-state index contributed by atoms with van der Waals surface area (Å²) in [5, 5.41) is 14.0. The van der Waals surface area contributed by atoms with E-state index in [1.807, 2.05) is 41.8 Å². The van der Waals surface area contributed by atoms with Gasteiger partial charge in [0.1, 0.15) is 24.9 Å². The van der Waals surface area contributed by atoms with Gasteiger partial charge in [-0.05, 0) is 35.7 Å². The van der Waals surface area contributed by atoms with Crippen LogP contribution in [0.4, 0.5) is 0 Å². The fourth-order valence-electron chi connectivity index (χ4n) is 1.96. The van der Waals surface area contributed by atoms with Crippen molar-refractivity contribution in [3.63, 3.8) is 0 Å². The topological polar surface area (TPSA) is 55.3 Å². The van der Waals surface area contributed by atoms with E-state index in [1.54, 1.807) is 18.4 Å². The predicted octanol–water partition coefficient (Wildman–Crippen LogP) is 1.40. The maximum absolute atomic E-state index is 9.87. The lowest BCUT2D eigenvalue weighted by molar-refractivity contribution is -0.676. The summed E-state index contributed by atoms with van der Waals surface area (Å²) in [5.74, 6) is 0.862. The number of rotatable bonds is 9. The first-order valence-corrected chi connectivity index (χ1v) is 7.88. The Morgan fingerprint density at radius 2 is 2.05 bits per heavy atom. The molecule has 1 aromatic heterocycles. The monoisotopic (exact) mass is 308 g/mol. The van der Waals surface area contributed by atoms with Gasteiger partial charge in [0, 0.05) is 10.4 Å². The van der Waals surface area contributed by atoms with Crippen LogP contribution in [0.2, 0.25) is 0 Å². The molecule has 114 valence electrons. The minimum Gasteiger partial charge on any atom is -0.497 e. The van der Waals surface area contributed by atoms with Gasteiger partial charge in [0.15, 0.2) is 0 Å². The Morgan fingerprint density at radius 3 is 2.71 bits per heavy atom. The predicted molar refractivity (Wildman–Crippen MR) is 83.5 cm³/mol. The van der Waals surface area contributed by atoms with E-state index in [2.05, 4.69) is 5.32 Å². The number of ether oxygens (including phenoxy) is 2. The molecule has 1 aromatic carbocycles. The number of methoxy groups -OCH3 is 1. The van der Waals surface area contributed by atoms with Crippen molar-refractivity contribution in [2.45, 2.75) is 19.3 Å². The van der Waals surface area contributed by atoms with E-state index < -0.39 is 6.10 Å². The molecule has 0 aliphatic carbocycles. The Labute approximate surface area is 129 Å². The molecule has 0 radical (unpaired) electrons. The highest BCUT2D eigenvalue weighted by atomic mass is 32.1. The number of aliphatic hydroxyl groups is 1. The van der Waals surface area contributed by atoms with Crippen molar-refractivity contribution in [3.05, 3.63) is 52.2 Å². The molecule has 0 unspecified atom stereocenters.